The monoisotopic (exact) mass is 258 g/mol. The molecule has 0 rings (SSSR count). The highest BCUT2D eigenvalue weighted by Crippen LogP contribution is 2.03. The molecule has 0 spiro atoms. The van der Waals surface area contributed by atoms with Gasteiger partial charge in [0.25, 0.3) is 0 Å². The average molecular weight is 258 g/mol. The van der Waals surface area contributed by atoms with E-state index in [0.29, 0.717) is 0 Å². The zero-order chi connectivity index (χ0) is 14.1. The second-order valence-corrected chi connectivity index (χ2v) is 3.38. The minimum atomic E-state index is -1.01. The predicted molar refractivity (Wildman–Crippen MR) is 62.6 cm³/mol. The van der Waals surface area contributed by atoms with Crippen molar-refractivity contribution in [2.45, 2.75) is 33.8 Å². The van der Waals surface area contributed by atoms with E-state index in [4.69, 9.17) is 4.74 Å². The molecule has 0 saturated heterocycles. The number of carbonyl (C=O) groups is 3. The van der Waals surface area contributed by atoms with Gasteiger partial charge in [-0.3, -0.25) is 0 Å². The molecule has 0 amide bonds. The van der Waals surface area contributed by atoms with Crippen LogP contribution in [0.3, 0.4) is 0 Å². The van der Waals surface area contributed by atoms with Gasteiger partial charge in [0.15, 0.2) is 6.10 Å². The Kier molecular flexibility index (Phi) is 7.42. The van der Waals surface area contributed by atoms with Gasteiger partial charge in [0.2, 0.25) is 0 Å². The summed E-state index contributed by atoms with van der Waals surface area (Å²) in [7, 11) is 0. The fourth-order valence-electron chi connectivity index (χ4n) is 0.981. The highest BCUT2D eigenvalue weighted by molar-refractivity contribution is 5.96. The van der Waals surface area contributed by atoms with Gasteiger partial charge in [0, 0.05) is 11.6 Å². The van der Waals surface area contributed by atoms with Gasteiger partial charge < -0.3 is 14.2 Å². The normalized spacial score (nSPS) is 12.6. The molecule has 6 nitrogen and oxygen atoms in total. The lowest BCUT2D eigenvalue weighted by atomic mass is 10.3. The molecule has 0 aromatic carbocycles. The largest absolute Gasteiger partial charge is 0.463 e. The van der Waals surface area contributed by atoms with Crippen LogP contribution in [0.5, 0.6) is 0 Å². The number of esters is 3. The van der Waals surface area contributed by atoms with Gasteiger partial charge in [-0.05, 0) is 27.7 Å². The molecular formula is C12H18O6. The summed E-state index contributed by atoms with van der Waals surface area (Å²) in [6.07, 6.45) is 0.00645. The first-order valence-corrected chi connectivity index (χ1v) is 5.65. The van der Waals surface area contributed by atoms with E-state index in [0.717, 1.165) is 6.08 Å². The molecule has 6 heteroatoms. The van der Waals surface area contributed by atoms with E-state index in [1.54, 1.807) is 13.8 Å². The Bertz CT molecular complexity index is 344. The van der Waals surface area contributed by atoms with E-state index in [1.165, 1.54) is 13.8 Å². The van der Waals surface area contributed by atoms with Gasteiger partial charge in [0.05, 0.1) is 13.2 Å². The van der Waals surface area contributed by atoms with Crippen LogP contribution in [0.25, 0.3) is 0 Å². The fourth-order valence-corrected chi connectivity index (χ4v) is 0.981. The van der Waals surface area contributed by atoms with Crippen molar-refractivity contribution in [2.75, 3.05) is 13.2 Å². The Morgan fingerprint density at radius 1 is 1.11 bits per heavy atom. The second-order valence-electron chi connectivity index (χ2n) is 3.38. The highest BCUT2D eigenvalue weighted by Gasteiger charge is 2.20. The van der Waals surface area contributed by atoms with E-state index >= 15 is 0 Å². The quantitative estimate of drug-likeness (QED) is 0.401. The number of ether oxygens (including phenoxy) is 3. The molecule has 18 heavy (non-hydrogen) atoms. The topological polar surface area (TPSA) is 78.9 Å². The van der Waals surface area contributed by atoms with Crippen LogP contribution in [-0.4, -0.2) is 37.2 Å². The van der Waals surface area contributed by atoms with Crippen molar-refractivity contribution in [3.63, 3.8) is 0 Å². The molecule has 0 aliphatic carbocycles. The van der Waals surface area contributed by atoms with E-state index in [9.17, 15) is 14.4 Å². The van der Waals surface area contributed by atoms with Crippen molar-refractivity contribution in [2.24, 2.45) is 0 Å². The van der Waals surface area contributed by atoms with Gasteiger partial charge in [-0.2, -0.15) is 0 Å². The highest BCUT2D eigenvalue weighted by atomic mass is 16.6. The predicted octanol–water partition coefficient (Wildman–Crippen LogP) is 0.991. The summed E-state index contributed by atoms with van der Waals surface area (Å²) in [6, 6.07) is 0. The maximum absolute atomic E-state index is 11.5. The molecule has 0 aliphatic rings. The minimum Gasteiger partial charge on any atom is -0.463 e. The molecule has 0 N–H and O–H groups in total. The third-order valence-electron chi connectivity index (χ3n) is 1.85. The van der Waals surface area contributed by atoms with Gasteiger partial charge >= 0.3 is 17.9 Å². The lowest BCUT2D eigenvalue weighted by Crippen LogP contribution is -2.26. The molecule has 102 valence electrons. The molecular weight excluding hydrogens is 240 g/mol. The molecule has 0 fully saturated rings. The maximum atomic E-state index is 11.5. The third-order valence-corrected chi connectivity index (χ3v) is 1.85. The van der Waals surface area contributed by atoms with Crippen molar-refractivity contribution < 1.29 is 28.6 Å². The minimum absolute atomic E-state index is 0.0598. The molecule has 0 aliphatic heterocycles. The van der Waals surface area contributed by atoms with Gasteiger partial charge in [-0.1, -0.05) is 0 Å². The Hall–Kier alpha value is -1.85. The zero-order valence-electron chi connectivity index (χ0n) is 11.0. The van der Waals surface area contributed by atoms with E-state index < -0.39 is 24.0 Å². The molecule has 1 unspecified atom stereocenters. The number of carbonyl (C=O) groups excluding carboxylic acids is 3. The van der Waals surface area contributed by atoms with Crippen LogP contribution in [0.15, 0.2) is 11.6 Å². The lowest BCUT2D eigenvalue weighted by molar-refractivity contribution is -0.164. The molecule has 1 atom stereocenters. The Balaban J connectivity index is 4.39. The average Bonchev–Trinajstić information content (AvgIpc) is 2.29. The van der Waals surface area contributed by atoms with Crippen LogP contribution in [0.2, 0.25) is 0 Å². The Labute approximate surface area is 106 Å². The summed E-state index contributed by atoms with van der Waals surface area (Å²) in [4.78, 5) is 33.8. The SMILES string of the molecule is CCOC(=O)/C=C(/C)C(=O)OC(C)C(=O)OCC. The van der Waals surface area contributed by atoms with Crippen LogP contribution >= 0.6 is 0 Å². The van der Waals surface area contributed by atoms with Crippen molar-refractivity contribution in [1.29, 1.82) is 0 Å². The Morgan fingerprint density at radius 3 is 2.17 bits per heavy atom. The van der Waals surface area contributed by atoms with E-state index in [1.807, 2.05) is 0 Å². The first kappa shape index (κ1) is 16.1. The summed E-state index contributed by atoms with van der Waals surface area (Å²) in [6.45, 7) is 6.53. The van der Waals surface area contributed by atoms with Crippen LogP contribution in [0.4, 0.5) is 0 Å². The summed E-state index contributed by atoms with van der Waals surface area (Å²) >= 11 is 0. The summed E-state index contributed by atoms with van der Waals surface area (Å²) in [5, 5.41) is 0. The van der Waals surface area contributed by atoms with Crippen molar-refractivity contribution in [3.8, 4) is 0 Å². The van der Waals surface area contributed by atoms with Crippen molar-refractivity contribution in [3.05, 3.63) is 11.6 Å². The van der Waals surface area contributed by atoms with Crippen LogP contribution in [0, 0.1) is 0 Å². The molecule has 0 saturated carbocycles. The second kappa shape index (κ2) is 8.27. The first-order valence-electron chi connectivity index (χ1n) is 5.65. The van der Waals surface area contributed by atoms with Crippen molar-refractivity contribution in [1.82, 2.24) is 0 Å². The van der Waals surface area contributed by atoms with Gasteiger partial charge in [-0.15, -0.1) is 0 Å². The summed E-state index contributed by atoms with van der Waals surface area (Å²) in [5.41, 5.74) is 0.0598. The van der Waals surface area contributed by atoms with Crippen molar-refractivity contribution >= 4 is 17.9 Å². The first-order chi connectivity index (χ1) is 8.42. The van der Waals surface area contributed by atoms with Crippen LogP contribution in [-0.2, 0) is 28.6 Å². The Morgan fingerprint density at radius 2 is 1.67 bits per heavy atom. The zero-order valence-corrected chi connectivity index (χ0v) is 11.0. The van der Waals surface area contributed by atoms with Gasteiger partial charge in [0.1, 0.15) is 0 Å². The van der Waals surface area contributed by atoms with E-state index in [2.05, 4.69) is 9.47 Å². The summed E-state index contributed by atoms with van der Waals surface area (Å²) in [5.74, 6) is -2.02. The maximum Gasteiger partial charge on any atom is 0.347 e. The lowest BCUT2D eigenvalue weighted by Gasteiger charge is -2.11. The molecule has 0 heterocycles. The fraction of sp³-hybridized carbons (Fsp3) is 0.583. The number of rotatable bonds is 6. The number of hydrogen-bond donors (Lipinski definition) is 0. The summed E-state index contributed by atoms with van der Waals surface area (Å²) < 4.78 is 14.1. The van der Waals surface area contributed by atoms with E-state index in [-0.39, 0.29) is 18.8 Å². The number of hydrogen-bond acceptors (Lipinski definition) is 6. The molecule has 0 radical (unpaired) electrons. The molecule has 0 bridgehead atoms. The van der Waals surface area contributed by atoms with Crippen LogP contribution < -0.4 is 0 Å². The smallest absolute Gasteiger partial charge is 0.347 e. The third kappa shape index (κ3) is 6.03. The van der Waals surface area contributed by atoms with Crippen LogP contribution in [0.1, 0.15) is 27.7 Å². The molecule has 0 aromatic rings. The molecule has 0 aromatic heterocycles. The standard InChI is InChI=1S/C12H18O6/c1-5-16-10(13)7-8(3)11(14)18-9(4)12(15)17-6-2/h7,9H,5-6H2,1-4H3/b8-7-. The van der Waals surface area contributed by atoms with Gasteiger partial charge in [-0.25, -0.2) is 14.4 Å².